The first-order valence-electron chi connectivity index (χ1n) is 14.8. The van der Waals surface area contributed by atoms with Crippen LogP contribution in [0.4, 0.5) is 5.69 Å². The van der Waals surface area contributed by atoms with Crippen LogP contribution in [-0.2, 0) is 12.8 Å². The molecule has 1 aliphatic heterocycles. The SMILES string of the molecule is N#CC1CCc2sc3c(-n4c5ccccc5c5cccc(N6C7=CCCC=C7C7C=CC=CC76)c54)cccc3c2C1. The van der Waals surface area contributed by atoms with E-state index in [1.165, 1.54) is 65.0 Å². The molecule has 1 saturated heterocycles. The number of thiophene rings is 1. The summed E-state index contributed by atoms with van der Waals surface area (Å²) in [4.78, 5) is 4.08. The molecule has 41 heavy (non-hydrogen) atoms. The Hall–Kier alpha value is -4.33. The van der Waals surface area contributed by atoms with Gasteiger partial charge in [0.15, 0.2) is 0 Å². The van der Waals surface area contributed by atoms with Crippen LogP contribution >= 0.6 is 11.3 Å². The number of anilines is 1. The third-order valence-corrected chi connectivity index (χ3v) is 10.9. The van der Waals surface area contributed by atoms with E-state index < -0.39 is 0 Å². The zero-order chi connectivity index (χ0) is 27.1. The van der Waals surface area contributed by atoms with Gasteiger partial charge in [-0.15, -0.1) is 11.3 Å². The average Bonchev–Trinajstić information content (AvgIpc) is 3.68. The Morgan fingerprint density at radius 2 is 1.63 bits per heavy atom. The molecule has 198 valence electrons. The van der Waals surface area contributed by atoms with Crippen LogP contribution in [0.2, 0.25) is 0 Å². The molecule has 0 amide bonds. The summed E-state index contributed by atoms with van der Waals surface area (Å²) in [7, 11) is 0. The molecule has 1 fully saturated rings. The van der Waals surface area contributed by atoms with E-state index in [-0.39, 0.29) is 12.0 Å². The van der Waals surface area contributed by atoms with Crippen LogP contribution < -0.4 is 4.90 Å². The van der Waals surface area contributed by atoms with Crippen molar-refractivity contribution in [3.63, 3.8) is 0 Å². The largest absolute Gasteiger partial charge is 0.332 e. The van der Waals surface area contributed by atoms with Gasteiger partial charge in [0, 0.05) is 27.3 Å². The van der Waals surface area contributed by atoms with Crippen LogP contribution in [0, 0.1) is 23.2 Å². The molecule has 0 N–H and O–H groups in total. The molecule has 3 heterocycles. The zero-order valence-corrected chi connectivity index (χ0v) is 23.6. The van der Waals surface area contributed by atoms with Gasteiger partial charge in [0.25, 0.3) is 0 Å². The predicted molar refractivity (Wildman–Crippen MR) is 171 cm³/mol. The zero-order valence-electron chi connectivity index (χ0n) is 22.8. The fraction of sp³-hybridized carbons (Fsp3) is 0.216. The first kappa shape index (κ1) is 23.4. The first-order chi connectivity index (χ1) is 20.3. The standard InChI is InChI=1S/C37H29N3S/c38-22-23-19-20-35-29(21-23)28-13-8-18-34(37(28)41-35)40-32-16-6-3-11-26(32)27-12-7-17-33(36(27)40)39-30-14-4-1-9-24(30)25-10-2-5-15-31(25)39/h1,3-4,6-18,23-24,30H,2,5,19-21H2. The van der Waals surface area contributed by atoms with Gasteiger partial charge in [0.1, 0.15) is 0 Å². The Morgan fingerprint density at radius 1 is 0.829 bits per heavy atom. The number of para-hydroxylation sites is 2. The predicted octanol–water partition coefficient (Wildman–Crippen LogP) is 9.16. The fourth-order valence-electron chi connectivity index (χ4n) is 7.82. The minimum absolute atomic E-state index is 0.121. The summed E-state index contributed by atoms with van der Waals surface area (Å²) in [6.45, 7) is 0. The molecule has 0 spiro atoms. The topological polar surface area (TPSA) is 32.0 Å². The molecule has 0 bridgehead atoms. The monoisotopic (exact) mass is 547 g/mol. The van der Waals surface area contributed by atoms with E-state index >= 15 is 0 Å². The lowest BCUT2D eigenvalue weighted by atomic mass is 9.88. The van der Waals surface area contributed by atoms with Gasteiger partial charge in [0.2, 0.25) is 0 Å². The maximum absolute atomic E-state index is 9.69. The summed E-state index contributed by atoms with van der Waals surface area (Å²) >= 11 is 1.94. The van der Waals surface area contributed by atoms with Gasteiger partial charge in [-0.1, -0.05) is 78.9 Å². The maximum Gasteiger partial charge on any atom is 0.0779 e. The van der Waals surface area contributed by atoms with Crippen LogP contribution in [0.15, 0.2) is 108 Å². The minimum atomic E-state index is 0.121. The molecule has 2 aromatic heterocycles. The Labute approximate surface area is 243 Å². The number of aryl methyl sites for hydroxylation is 1. The second-order valence-corrected chi connectivity index (χ2v) is 12.8. The van der Waals surface area contributed by atoms with Crippen molar-refractivity contribution in [2.24, 2.45) is 11.8 Å². The average molecular weight is 548 g/mol. The third-order valence-electron chi connectivity index (χ3n) is 9.60. The molecular formula is C37H29N3S. The molecule has 3 aliphatic carbocycles. The second-order valence-electron chi connectivity index (χ2n) is 11.7. The highest BCUT2D eigenvalue weighted by Gasteiger charge is 2.41. The summed E-state index contributed by atoms with van der Waals surface area (Å²) in [6, 6.07) is 25.4. The number of hydrogen-bond donors (Lipinski definition) is 0. The summed E-state index contributed by atoms with van der Waals surface area (Å²) in [6.07, 6.45) is 19.2. The van der Waals surface area contributed by atoms with Gasteiger partial charge in [-0.2, -0.15) is 5.26 Å². The Bertz CT molecular complexity index is 2070. The van der Waals surface area contributed by atoms with Gasteiger partial charge >= 0.3 is 0 Å². The third kappa shape index (κ3) is 3.24. The molecule has 5 aromatic rings. The lowest BCUT2D eigenvalue weighted by Crippen LogP contribution is -2.30. The van der Waals surface area contributed by atoms with Crippen LogP contribution in [0.1, 0.15) is 29.7 Å². The molecule has 3 nitrogen and oxygen atoms in total. The normalized spacial score (nSPS) is 22.9. The lowest BCUT2D eigenvalue weighted by Gasteiger charge is -2.29. The van der Waals surface area contributed by atoms with Crippen molar-refractivity contribution < 1.29 is 0 Å². The molecule has 0 saturated carbocycles. The quantitative estimate of drug-likeness (QED) is 0.221. The number of fused-ring (bicyclic) bond motifs is 9. The van der Waals surface area contributed by atoms with E-state index in [0.29, 0.717) is 5.92 Å². The first-order valence-corrected chi connectivity index (χ1v) is 15.6. The van der Waals surface area contributed by atoms with E-state index in [9.17, 15) is 5.26 Å². The number of benzene rings is 3. The fourth-order valence-corrected chi connectivity index (χ4v) is 9.17. The van der Waals surface area contributed by atoms with Gasteiger partial charge in [0.05, 0.1) is 45.1 Å². The van der Waals surface area contributed by atoms with E-state index in [2.05, 4.69) is 113 Å². The highest BCUT2D eigenvalue weighted by atomic mass is 32.1. The number of aromatic nitrogens is 1. The van der Waals surface area contributed by atoms with Crippen molar-refractivity contribution in [1.29, 1.82) is 5.26 Å². The maximum atomic E-state index is 9.69. The van der Waals surface area contributed by atoms with Crippen LogP contribution in [0.3, 0.4) is 0 Å². The van der Waals surface area contributed by atoms with E-state index in [4.69, 9.17) is 0 Å². The number of nitrogens with zero attached hydrogens (tertiary/aromatic N) is 3. The van der Waals surface area contributed by atoms with Crippen molar-refractivity contribution in [3.05, 3.63) is 119 Å². The molecular weight excluding hydrogens is 518 g/mol. The second kappa shape index (κ2) is 8.83. The van der Waals surface area contributed by atoms with Crippen molar-refractivity contribution in [2.45, 2.75) is 38.1 Å². The number of hydrogen-bond acceptors (Lipinski definition) is 3. The van der Waals surface area contributed by atoms with Gasteiger partial charge in [-0.05, 0) is 66.8 Å². The van der Waals surface area contributed by atoms with Gasteiger partial charge in [-0.25, -0.2) is 0 Å². The molecule has 0 radical (unpaired) electrons. The van der Waals surface area contributed by atoms with Gasteiger partial charge < -0.3 is 9.47 Å². The Balaban J connectivity index is 1.35. The van der Waals surface area contributed by atoms with Crippen molar-refractivity contribution in [1.82, 2.24) is 4.57 Å². The molecule has 9 rings (SSSR count). The van der Waals surface area contributed by atoms with Gasteiger partial charge in [-0.3, -0.25) is 0 Å². The van der Waals surface area contributed by atoms with E-state index in [1.54, 1.807) is 0 Å². The van der Waals surface area contributed by atoms with Crippen LogP contribution in [0.25, 0.3) is 37.6 Å². The smallest absolute Gasteiger partial charge is 0.0779 e. The lowest BCUT2D eigenvalue weighted by molar-refractivity contribution is 0.574. The summed E-state index contributed by atoms with van der Waals surface area (Å²) in [5.74, 6) is 0.510. The molecule has 3 aromatic carbocycles. The summed E-state index contributed by atoms with van der Waals surface area (Å²) in [5, 5.41) is 13.6. The van der Waals surface area contributed by atoms with E-state index in [1.807, 2.05) is 11.3 Å². The Morgan fingerprint density at radius 3 is 2.56 bits per heavy atom. The number of nitriles is 1. The molecule has 3 unspecified atom stereocenters. The van der Waals surface area contributed by atoms with Crippen molar-refractivity contribution in [2.75, 3.05) is 4.90 Å². The van der Waals surface area contributed by atoms with Crippen LogP contribution in [0.5, 0.6) is 0 Å². The summed E-state index contributed by atoms with van der Waals surface area (Å²) in [5.41, 5.74) is 9.28. The van der Waals surface area contributed by atoms with Crippen molar-refractivity contribution in [3.8, 4) is 11.8 Å². The highest BCUT2D eigenvalue weighted by molar-refractivity contribution is 7.19. The number of rotatable bonds is 2. The molecule has 4 heteroatoms. The summed E-state index contributed by atoms with van der Waals surface area (Å²) < 4.78 is 3.87. The molecule has 3 atom stereocenters. The highest BCUT2D eigenvalue weighted by Crippen LogP contribution is 2.50. The molecule has 4 aliphatic rings. The minimum Gasteiger partial charge on any atom is -0.332 e. The number of allylic oxidation sites excluding steroid dienone is 5. The van der Waals surface area contributed by atoms with Crippen LogP contribution in [-0.4, -0.2) is 10.6 Å². The van der Waals surface area contributed by atoms with E-state index in [0.717, 1.165) is 32.1 Å². The van der Waals surface area contributed by atoms with Crippen molar-refractivity contribution >= 4 is 48.9 Å². The Kier molecular flexibility index (Phi) is 5.04.